The van der Waals surface area contributed by atoms with E-state index in [1.54, 1.807) is 0 Å². The first-order chi connectivity index (χ1) is 7.61. The molecule has 0 spiro atoms. The summed E-state index contributed by atoms with van der Waals surface area (Å²) in [4.78, 5) is 20.6. The van der Waals surface area contributed by atoms with Crippen LogP contribution in [-0.4, -0.2) is 22.1 Å². The van der Waals surface area contributed by atoms with Crippen LogP contribution >= 0.6 is 15.9 Å². The first-order valence-electron chi connectivity index (χ1n) is 5.62. The van der Waals surface area contributed by atoms with E-state index in [9.17, 15) is 4.79 Å². The van der Waals surface area contributed by atoms with E-state index in [2.05, 4.69) is 44.6 Å². The van der Waals surface area contributed by atoms with Crippen LogP contribution in [0.2, 0.25) is 0 Å². The molecule has 0 aromatic carbocycles. The van der Waals surface area contributed by atoms with Crippen LogP contribution in [0.1, 0.15) is 33.1 Å². The van der Waals surface area contributed by atoms with Gasteiger partial charge in [0, 0.05) is 12.1 Å². The zero-order valence-corrected chi connectivity index (χ0v) is 11.1. The fourth-order valence-corrected chi connectivity index (χ4v) is 2.81. The van der Waals surface area contributed by atoms with Gasteiger partial charge in [0.2, 0.25) is 0 Å². The van der Waals surface area contributed by atoms with Gasteiger partial charge in [-0.2, -0.15) is 0 Å². The Hall–Kier alpha value is -0.840. The van der Waals surface area contributed by atoms with Crippen molar-refractivity contribution in [3.05, 3.63) is 21.2 Å². The number of aromatic nitrogens is 2. The SMILES string of the molecule is CC1CCCC(C)N1c1nc[nH]c(=O)c1Br. The summed E-state index contributed by atoms with van der Waals surface area (Å²) < 4.78 is 0.538. The number of anilines is 1. The van der Waals surface area contributed by atoms with E-state index < -0.39 is 0 Å². The molecule has 2 heterocycles. The summed E-state index contributed by atoms with van der Waals surface area (Å²) in [6.45, 7) is 4.37. The number of nitrogens with one attached hydrogen (secondary N) is 1. The Kier molecular flexibility index (Phi) is 3.33. The summed E-state index contributed by atoms with van der Waals surface area (Å²) in [5, 5.41) is 0. The van der Waals surface area contributed by atoms with Crippen LogP contribution in [0.25, 0.3) is 0 Å². The lowest BCUT2D eigenvalue weighted by Gasteiger charge is -2.40. The molecule has 16 heavy (non-hydrogen) atoms. The Labute approximate surface area is 103 Å². The Morgan fingerprint density at radius 1 is 1.44 bits per heavy atom. The molecule has 0 aliphatic carbocycles. The molecule has 1 N–H and O–H groups in total. The van der Waals surface area contributed by atoms with Gasteiger partial charge in [0.1, 0.15) is 4.47 Å². The number of rotatable bonds is 1. The van der Waals surface area contributed by atoms with Gasteiger partial charge in [-0.15, -0.1) is 0 Å². The molecule has 0 saturated carbocycles. The van der Waals surface area contributed by atoms with E-state index in [0.29, 0.717) is 16.6 Å². The molecule has 1 fully saturated rings. The molecule has 88 valence electrons. The smallest absolute Gasteiger partial charge is 0.267 e. The summed E-state index contributed by atoms with van der Waals surface area (Å²) in [6, 6.07) is 0.878. The molecule has 0 amide bonds. The second-order valence-electron chi connectivity index (χ2n) is 4.41. The molecule has 0 bridgehead atoms. The van der Waals surface area contributed by atoms with Crippen molar-refractivity contribution in [2.75, 3.05) is 4.90 Å². The van der Waals surface area contributed by atoms with Gasteiger partial charge in [-0.3, -0.25) is 4.79 Å². The minimum Gasteiger partial charge on any atom is -0.350 e. The normalized spacial score (nSPS) is 25.8. The number of hydrogen-bond donors (Lipinski definition) is 1. The van der Waals surface area contributed by atoms with Gasteiger partial charge >= 0.3 is 0 Å². The summed E-state index contributed by atoms with van der Waals surface area (Å²) in [5.74, 6) is 0.767. The second kappa shape index (κ2) is 4.57. The Balaban J connectivity index is 2.41. The number of H-pyrrole nitrogens is 1. The van der Waals surface area contributed by atoms with Crippen molar-refractivity contribution >= 4 is 21.7 Å². The highest BCUT2D eigenvalue weighted by Gasteiger charge is 2.27. The van der Waals surface area contributed by atoms with E-state index >= 15 is 0 Å². The molecule has 1 saturated heterocycles. The molecule has 5 heteroatoms. The predicted molar refractivity (Wildman–Crippen MR) is 67.8 cm³/mol. The van der Waals surface area contributed by atoms with Crippen LogP contribution in [0, 0.1) is 0 Å². The monoisotopic (exact) mass is 285 g/mol. The highest BCUT2D eigenvalue weighted by atomic mass is 79.9. The quantitative estimate of drug-likeness (QED) is 0.861. The van der Waals surface area contributed by atoms with Gasteiger partial charge in [0.25, 0.3) is 5.56 Å². The average Bonchev–Trinajstić information content (AvgIpc) is 2.24. The highest BCUT2D eigenvalue weighted by Crippen LogP contribution is 2.30. The maximum absolute atomic E-state index is 11.5. The third-order valence-electron chi connectivity index (χ3n) is 3.22. The number of halogens is 1. The van der Waals surface area contributed by atoms with Crippen molar-refractivity contribution in [1.82, 2.24) is 9.97 Å². The van der Waals surface area contributed by atoms with E-state index in [1.807, 2.05) is 0 Å². The first kappa shape index (κ1) is 11.6. The van der Waals surface area contributed by atoms with Crippen molar-refractivity contribution in [3.63, 3.8) is 0 Å². The summed E-state index contributed by atoms with van der Waals surface area (Å²) in [7, 11) is 0. The molecule has 1 aromatic rings. The van der Waals surface area contributed by atoms with Crippen molar-refractivity contribution in [2.24, 2.45) is 0 Å². The largest absolute Gasteiger partial charge is 0.350 e. The van der Waals surface area contributed by atoms with Gasteiger partial charge in [-0.25, -0.2) is 4.98 Å². The molecule has 0 radical (unpaired) electrons. The Morgan fingerprint density at radius 3 is 2.69 bits per heavy atom. The van der Waals surface area contributed by atoms with Gasteiger partial charge in [0.15, 0.2) is 5.82 Å². The van der Waals surface area contributed by atoms with Gasteiger partial charge < -0.3 is 9.88 Å². The van der Waals surface area contributed by atoms with Crippen molar-refractivity contribution in [3.8, 4) is 0 Å². The zero-order valence-electron chi connectivity index (χ0n) is 9.53. The predicted octanol–water partition coefficient (Wildman–Crippen LogP) is 2.30. The molecule has 1 aliphatic heterocycles. The first-order valence-corrected chi connectivity index (χ1v) is 6.42. The summed E-state index contributed by atoms with van der Waals surface area (Å²) in [5.41, 5.74) is -0.116. The molecular weight excluding hydrogens is 270 g/mol. The molecule has 1 aliphatic rings. The maximum Gasteiger partial charge on any atom is 0.267 e. The molecule has 4 nitrogen and oxygen atoms in total. The number of hydrogen-bond acceptors (Lipinski definition) is 3. The lowest BCUT2D eigenvalue weighted by Crippen LogP contribution is -2.45. The molecular formula is C11H16BrN3O. The number of piperidine rings is 1. The van der Waals surface area contributed by atoms with Crippen LogP contribution < -0.4 is 10.5 Å². The summed E-state index contributed by atoms with van der Waals surface area (Å²) in [6.07, 6.45) is 5.03. The topological polar surface area (TPSA) is 49.0 Å². The van der Waals surface area contributed by atoms with E-state index in [0.717, 1.165) is 18.7 Å². The minimum atomic E-state index is -0.116. The molecule has 2 rings (SSSR count). The third-order valence-corrected chi connectivity index (χ3v) is 3.93. The highest BCUT2D eigenvalue weighted by molar-refractivity contribution is 9.10. The van der Waals surface area contributed by atoms with Crippen LogP contribution in [0.5, 0.6) is 0 Å². The van der Waals surface area contributed by atoms with Crippen LogP contribution in [0.15, 0.2) is 15.6 Å². The van der Waals surface area contributed by atoms with Gasteiger partial charge in [-0.1, -0.05) is 0 Å². The molecule has 2 atom stereocenters. The lowest BCUT2D eigenvalue weighted by molar-refractivity contribution is 0.410. The number of nitrogens with zero attached hydrogens (tertiary/aromatic N) is 2. The fraction of sp³-hybridized carbons (Fsp3) is 0.636. The third kappa shape index (κ3) is 2.00. The van der Waals surface area contributed by atoms with E-state index in [-0.39, 0.29) is 5.56 Å². The van der Waals surface area contributed by atoms with Gasteiger partial charge in [0.05, 0.1) is 6.33 Å². The Bertz CT molecular complexity index is 421. The average molecular weight is 286 g/mol. The molecule has 1 aromatic heterocycles. The standard InChI is InChI=1S/C11H16BrN3O/c1-7-4-3-5-8(2)15(7)10-9(12)11(16)14-6-13-10/h6-8H,3-5H2,1-2H3,(H,13,14,16). The van der Waals surface area contributed by atoms with Crippen molar-refractivity contribution in [1.29, 1.82) is 0 Å². The summed E-state index contributed by atoms with van der Waals surface area (Å²) >= 11 is 3.32. The van der Waals surface area contributed by atoms with Crippen LogP contribution in [-0.2, 0) is 0 Å². The van der Waals surface area contributed by atoms with E-state index in [1.165, 1.54) is 12.7 Å². The van der Waals surface area contributed by atoms with Crippen LogP contribution in [0.3, 0.4) is 0 Å². The van der Waals surface area contributed by atoms with Crippen molar-refractivity contribution in [2.45, 2.75) is 45.2 Å². The van der Waals surface area contributed by atoms with E-state index in [4.69, 9.17) is 0 Å². The second-order valence-corrected chi connectivity index (χ2v) is 5.20. The zero-order chi connectivity index (χ0) is 11.7. The fourth-order valence-electron chi connectivity index (χ4n) is 2.39. The lowest BCUT2D eigenvalue weighted by atomic mass is 9.98. The maximum atomic E-state index is 11.5. The molecule has 2 unspecified atom stereocenters. The Morgan fingerprint density at radius 2 is 2.06 bits per heavy atom. The van der Waals surface area contributed by atoms with Crippen LogP contribution in [0.4, 0.5) is 5.82 Å². The van der Waals surface area contributed by atoms with Crippen molar-refractivity contribution < 1.29 is 0 Å². The minimum absolute atomic E-state index is 0.116. The number of aromatic amines is 1. The van der Waals surface area contributed by atoms with Gasteiger partial charge in [-0.05, 0) is 49.0 Å².